The van der Waals surface area contributed by atoms with Crippen LogP contribution < -0.4 is 4.74 Å². The summed E-state index contributed by atoms with van der Waals surface area (Å²) < 4.78 is 5.58. The molecule has 1 aliphatic carbocycles. The second-order valence-corrected chi connectivity index (χ2v) is 4.16. The molecule has 0 spiro atoms. The van der Waals surface area contributed by atoms with Crippen LogP contribution in [0.15, 0.2) is 17.2 Å². The molecule has 5 heteroatoms. The largest absolute Gasteiger partial charge is 0.487 e. The number of carboxylic acids is 1. The first-order valence-electron chi connectivity index (χ1n) is 4.65. The molecule has 1 saturated carbocycles. The monoisotopic (exact) mass is 225 g/mol. The fourth-order valence-electron chi connectivity index (χ4n) is 1.21. The predicted molar refractivity (Wildman–Crippen MR) is 56.6 cm³/mol. The molecule has 4 nitrogen and oxygen atoms in total. The number of hydrogen-bond donors (Lipinski definition) is 1. The third-order valence-corrected chi connectivity index (χ3v) is 2.86. The molecule has 1 aliphatic rings. The maximum atomic E-state index is 10.9. The van der Waals surface area contributed by atoms with Crippen molar-refractivity contribution >= 4 is 17.7 Å². The molecule has 0 atom stereocenters. The van der Waals surface area contributed by atoms with Crippen LogP contribution in [0, 0.1) is 0 Å². The Labute approximate surface area is 91.7 Å². The molecule has 2 rings (SSSR count). The third-order valence-electron chi connectivity index (χ3n) is 2.10. The van der Waals surface area contributed by atoms with Gasteiger partial charge in [0.2, 0.25) is 0 Å². The summed E-state index contributed by atoms with van der Waals surface area (Å²) in [7, 11) is 0. The van der Waals surface area contributed by atoms with Gasteiger partial charge in [0.05, 0.1) is 11.0 Å². The minimum atomic E-state index is -1.04. The fraction of sp³-hybridized carbons (Fsp3) is 0.400. The normalized spacial score (nSPS) is 15.0. The number of aromatic nitrogens is 1. The summed E-state index contributed by atoms with van der Waals surface area (Å²) in [6.45, 7) is 0. The van der Waals surface area contributed by atoms with Gasteiger partial charge in [0.15, 0.2) is 11.4 Å². The van der Waals surface area contributed by atoms with Crippen molar-refractivity contribution in [2.24, 2.45) is 0 Å². The molecule has 0 radical (unpaired) electrons. The van der Waals surface area contributed by atoms with Gasteiger partial charge in [-0.2, -0.15) is 0 Å². The molecule has 15 heavy (non-hydrogen) atoms. The average molecular weight is 225 g/mol. The van der Waals surface area contributed by atoms with E-state index in [1.807, 2.05) is 6.26 Å². The Hall–Kier alpha value is -1.23. The highest BCUT2D eigenvalue weighted by Gasteiger charge is 2.27. The smallest absolute Gasteiger partial charge is 0.358 e. The molecular weight excluding hydrogens is 214 g/mol. The zero-order chi connectivity index (χ0) is 10.8. The summed E-state index contributed by atoms with van der Waals surface area (Å²) in [6, 6.07) is 1.77. The molecule has 1 fully saturated rings. The summed E-state index contributed by atoms with van der Waals surface area (Å²) in [6.07, 6.45) is 5.57. The zero-order valence-corrected chi connectivity index (χ0v) is 9.08. The van der Waals surface area contributed by atoms with Gasteiger partial charge in [-0.25, -0.2) is 9.78 Å². The summed E-state index contributed by atoms with van der Waals surface area (Å²) in [5.41, 5.74) is 0.00810. The van der Waals surface area contributed by atoms with E-state index in [9.17, 15) is 4.79 Å². The van der Waals surface area contributed by atoms with Crippen molar-refractivity contribution < 1.29 is 14.6 Å². The van der Waals surface area contributed by atoms with Crippen molar-refractivity contribution in [2.45, 2.75) is 23.8 Å². The van der Waals surface area contributed by atoms with Crippen LogP contribution in [0.2, 0.25) is 0 Å². The van der Waals surface area contributed by atoms with Gasteiger partial charge < -0.3 is 9.84 Å². The van der Waals surface area contributed by atoms with Gasteiger partial charge in [-0.15, -0.1) is 11.8 Å². The minimum absolute atomic E-state index is 0.00810. The van der Waals surface area contributed by atoms with E-state index in [4.69, 9.17) is 9.84 Å². The Balaban J connectivity index is 2.38. The van der Waals surface area contributed by atoms with Crippen molar-refractivity contribution in [1.82, 2.24) is 4.98 Å². The number of carboxylic acid groups (broad SMARTS) is 1. The molecule has 1 aromatic rings. The van der Waals surface area contributed by atoms with Gasteiger partial charge in [0.25, 0.3) is 0 Å². The molecule has 80 valence electrons. The fourth-order valence-corrected chi connectivity index (χ4v) is 1.74. The van der Waals surface area contributed by atoms with Crippen molar-refractivity contribution in [1.29, 1.82) is 0 Å². The first-order valence-corrected chi connectivity index (χ1v) is 5.87. The first kappa shape index (κ1) is 10.3. The number of rotatable bonds is 4. The third kappa shape index (κ3) is 2.23. The number of pyridine rings is 1. The Morgan fingerprint density at radius 2 is 2.40 bits per heavy atom. The molecule has 0 bridgehead atoms. The maximum Gasteiger partial charge on any atom is 0.358 e. The van der Waals surface area contributed by atoms with E-state index in [-0.39, 0.29) is 11.8 Å². The van der Waals surface area contributed by atoms with Crippen LogP contribution in [0.5, 0.6) is 5.75 Å². The molecule has 0 unspecified atom stereocenters. The van der Waals surface area contributed by atoms with Crippen LogP contribution in [-0.4, -0.2) is 28.4 Å². The van der Waals surface area contributed by atoms with Gasteiger partial charge in [-0.3, -0.25) is 0 Å². The Kier molecular flexibility index (Phi) is 2.81. The average Bonchev–Trinajstić information content (AvgIpc) is 3.01. The van der Waals surface area contributed by atoms with Gasteiger partial charge in [-0.1, -0.05) is 0 Å². The van der Waals surface area contributed by atoms with E-state index in [2.05, 4.69) is 4.98 Å². The standard InChI is InChI=1S/C10H11NO3S/c1-15-7-4-5-11-8(10(12)13)9(7)14-6-2-3-6/h4-6H,2-3H2,1H3,(H,12,13). The minimum Gasteiger partial charge on any atom is -0.487 e. The molecule has 1 aromatic heterocycles. The number of thioether (sulfide) groups is 1. The first-order chi connectivity index (χ1) is 7.22. The van der Waals surface area contributed by atoms with E-state index in [1.165, 1.54) is 18.0 Å². The second kappa shape index (κ2) is 4.10. The van der Waals surface area contributed by atoms with Crippen LogP contribution in [0.25, 0.3) is 0 Å². The zero-order valence-electron chi connectivity index (χ0n) is 8.27. The van der Waals surface area contributed by atoms with Crippen LogP contribution in [0.3, 0.4) is 0 Å². The molecule has 1 N–H and O–H groups in total. The summed E-state index contributed by atoms with van der Waals surface area (Å²) >= 11 is 1.47. The quantitative estimate of drug-likeness (QED) is 0.794. The lowest BCUT2D eigenvalue weighted by Crippen LogP contribution is -2.07. The number of aromatic carboxylic acids is 1. The number of hydrogen-bond acceptors (Lipinski definition) is 4. The van der Waals surface area contributed by atoms with E-state index < -0.39 is 5.97 Å². The molecule has 0 saturated heterocycles. The van der Waals surface area contributed by atoms with E-state index in [0.29, 0.717) is 5.75 Å². The maximum absolute atomic E-state index is 10.9. The summed E-state index contributed by atoms with van der Waals surface area (Å²) in [4.78, 5) is 15.6. The van der Waals surface area contributed by atoms with Crippen LogP contribution in [-0.2, 0) is 0 Å². The topological polar surface area (TPSA) is 59.4 Å². The van der Waals surface area contributed by atoms with Crippen molar-refractivity contribution in [3.8, 4) is 5.75 Å². The van der Waals surface area contributed by atoms with Gasteiger partial charge in [0, 0.05) is 6.20 Å². The molecule has 0 amide bonds. The highest BCUT2D eigenvalue weighted by Crippen LogP contribution is 2.35. The van der Waals surface area contributed by atoms with Crippen molar-refractivity contribution in [3.05, 3.63) is 18.0 Å². The lowest BCUT2D eigenvalue weighted by atomic mass is 10.3. The second-order valence-electron chi connectivity index (χ2n) is 3.31. The number of ether oxygens (including phenoxy) is 1. The number of carbonyl (C=O) groups is 1. The van der Waals surface area contributed by atoms with Crippen LogP contribution in [0.1, 0.15) is 23.3 Å². The predicted octanol–water partition coefficient (Wildman–Crippen LogP) is 2.04. The highest BCUT2D eigenvalue weighted by atomic mass is 32.2. The Bertz CT molecular complexity index is 390. The van der Waals surface area contributed by atoms with Crippen LogP contribution in [0.4, 0.5) is 0 Å². The van der Waals surface area contributed by atoms with E-state index in [1.54, 1.807) is 6.07 Å². The summed E-state index contributed by atoms with van der Waals surface area (Å²) in [5, 5.41) is 8.97. The van der Waals surface area contributed by atoms with Crippen molar-refractivity contribution in [2.75, 3.05) is 6.26 Å². The number of nitrogens with zero attached hydrogens (tertiary/aromatic N) is 1. The van der Waals surface area contributed by atoms with E-state index >= 15 is 0 Å². The highest BCUT2D eigenvalue weighted by molar-refractivity contribution is 7.98. The molecule has 0 aliphatic heterocycles. The SMILES string of the molecule is CSc1ccnc(C(=O)O)c1OC1CC1. The molecule has 1 heterocycles. The van der Waals surface area contributed by atoms with E-state index in [0.717, 1.165) is 17.7 Å². The van der Waals surface area contributed by atoms with Crippen molar-refractivity contribution in [3.63, 3.8) is 0 Å². The summed E-state index contributed by atoms with van der Waals surface area (Å²) in [5.74, 6) is -0.624. The lowest BCUT2D eigenvalue weighted by molar-refractivity contribution is 0.0684. The lowest BCUT2D eigenvalue weighted by Gasteiger charge is -2.10. The Morgan fingerprint density at radius 1 is 1.67 bits per heavy atom. The van der Waals surface area contributed by atoms with Gasteiger partial charge in [0.1, 0.15) is 0 Å². The molecular formula is C10H11NO3S. The Morgan fingerprint density at radius 3 is 2.93 bits per heavy atom. The van der Waals surface area contributed by atoms with Crippen LogP contribution >= 0.6 is 11.8 Å². The van der Waals surface area contributed by atoms with Gasteiger partial charge >= 0.3 is 5.97 Å². The molecule has 0 aromatic carbocycles. The van der Waals surface area contributed by atoms with Gasteiger partial charge in [-0.05, 0) is 25.2 Å².